The maximum Gasteiger partial charge on any atom is 0.347 e. The lowest BCUT2D eigenvalue weighted by molar-refractivity contribution is -0.138. The summed E-state index contributed by atoms with van der Waals surface area (Å²) in [6, 6.07) is 23.9. The molecule has 2 fully saturated rings. The standard InChI is InChI=1S/C47H43N7O9/c1-26-10-12-30(13-11-26)49-53-42(56)33-22-36-32(41(47(33,44(53)58)29-8-6-5-7-9-29)28-20-27-21-31(55)14-15-38(27)63-25-28)16-19-52-45(59)51(46(60)54(36)52)18-17-34-43(57)50(2)37-24-40(62-4)39(61-3)23-35(37)48-34/h5-16,21,23-25,33,36,41,49,55H,17-20,22H2,1-4H3. The molecule has 2 aromatic heterocycles. The second-order valence-electron chi connectivity index (χ2n) is 16.4. The molecule has 3 aliphatic heterocycles. The van der Waals surface area contributed by atoms with E-state index in [0.29, 0.717) is 56.2 Å². The van der Waals surface area contributed by atoms with Crippen LogP contribution in [-0.2, 0) is 48.0 Å². The number of rotatable bonds is 9. The minimum absolute atomic E-state index is 0.00442. The number of imide groups is 1. The molecule has 320 valence electrons. The number of phenolic OH excluding ortho intramolecular Hbond substituents is 1. The summed E-state index contributed by atoms with van der Waals surface area (Å²) < 4.78 is 22.4. The lowest BCUT2D eigenvalue weighted by Gasteiger charge is -2.49. The molecule has 1 saturated heterocycles. The molecule has 5 heterocycles. The molecule has 4 aromatic carbocycles. The van der Waals surface area contributed by atoms with Crippen LogP contribution in [0.5, 0.6) is 23.0 Å². The molecule has 4 unspecified atom stereocenters. The first-order chi connectivity index (χ1) is 30.4. The summed E-state index contributed by atoms with van der Waals surface area (Å²) in [6.07, 6.45) is 3.74. The molecule has 2 N–H and O–H groups in total. The van der Waals surface area contributed by atoms with Gasteiger partial charge in [0, 0.05) is 50.0 Å². The van der Waals surface area contributed by atoms with Gasteiger partial charge in [0.1, 0.15) is 17.2 Å². The third kappa shape index (κ3) is 5.95. The highest BCUT2D eigenvalue weighted by atomic mass is 16.5. The lowest BCUT2D eigenvalue weighted by atomic mass is 9.52. The van der Waals surface area contributed by atoms with Crippen LogP contribution in [0.2, 0.25) is 0 Å². The Bertz CT molecular complexity index is 3140. The van der Waals surface area contributed by atoms with Gasteiger partial charge in [0.25, 0.3) is 17.4 Å². The van der Waals surface area contributed by atoms with Gasteiger partial charge in [0.05, 0.1) is 61.1 Å². The summed E-state index contributed by atoms with van der Waals surface area (Å²) in [5.74, 6) is -1.35. The Hall–Kier alpha value is -7.62. The first-order valence-corrected chi connectivity index (χ1v) is 20.6. The summed E-state index contributed by atoms with van der Waals surface area (Å²) in [4.78, 5) is 77.8. The Labute approximate surface area is 359 Å². The van der Waals surface area contributed by atoms with Crippen molar-refractivity contribution in [1.82, 2.24) is 28.5 Å². The number of carbonyl (C=O) groups excluding carboxylic acids is 2. The van der Waals surface area contributed by atoms with Crippen LogP contribution in [0.15, 0.2) is 123 Å². The van der Waals surface area contributed by atoms with Gasteiger partial charge < -0.3 is 23.9 Å². The van der Waals surface area contributed by atoms with Crippen molar-refractivity contribution in [2.75, 3.05) is 19.6 Å². The molecule has 16 heteroatoms. The van der Waals surface area contributed by atoms with Gasteiger partial charge in [-0.2, -0.15) is 5.01 Å². The monoisotopic (exact) mass is 849 g/mol. The van der Waals surface area contributed by atoms with Gasteiger partial charge in [-0.1, -0.05) is 54.1 Å². The zero-order valence-electron chi connectivity index (χ0n) is 34.9. The first kappa shape index (κ1) is 39.5. The number of nitrogens with zero attached hydrogens (tertiary/aromatic N) is 6. The van der Waals surface area contributed by atoms with Crippen LogP contribution in [0.25, 0.3) is 11.0 Å². The van der Waals surface area contributed by atoms with Crippen LogP contribution in [0.1, 0.15) is 34.8 Å². The van der Waals surface area contributed by atoms with Crippen molar-refractivity contribution in [3.05, 3.63) is 162 Å². The first-order valence-electron chi connectivity index (χ1n) is 20.6. The second kappa shape index (κ2) is 14.8. The van der Waals surface area contributed by atoms with Gasteiger partial charge in [-0.3, -0.25) is 19.8 Å². The SMILES string of the molecule is COc1cc2nc(CCn3c(=O)n4n(c3=O)C3CC5C(=O)N(Nc6ccc(C)cc6)C(=O)C5(c5ccccc5)C(C5=COc6ccc(O)cc6C5)C3=CC4)c(=O)n(C)c2cc1OC. The number of hydrogen-bond donors (Lipinski definition) is 2. The number of nitrogens with one attached hydrogen (secondary N) is 1. The quantitative estimate of drug-likeness (QED) is 0.156. The summed E-state index contributed by atoms with van der Waals surface area (Å²) in [7, 11) is 4.61. The highest BCUT2D eigenvalue weighted by Crippen LogP contribution is 2.61. The van der Waals surface area contributed by atoms with Crippen LogP contribution in [0.3, 0.4) is 0 Å². The second-order valence-corrected chi connectivity index (χ2v) is 16.4. The topological polar surface area (TPSA) is 181 Å². The van der Waals surface area contributed by atoms with Crippen molar-refractivity contribution in [1.29, 1.82) is 0 Å². The highest BCUT2D eigenvalue weighted by molar-refractivity contribution is 6.12. The van der Waals surface area contributed by atoms with E-state index >= 15 is 9.59 Å². The predicted octanol–water partition coefficient (Wildman–Crippen LogP) is 4.30. The van der Waals surface area contributed by atoms with Gasteiger partial charge in [-0.05, 0) is 60.4 Å². The number of aryl methyl sites for hydroxylation is 3. The molecule has 2 amide bonds. The largest absolute Gasteiger partial charge is 0.508 e. The van der Waals surface area contributed by atoms with E-state index < -0.39 is 52.0 Å². The highest BCUT2D eigenvalue weighted by Gasteiger charge is 2.69. The Kier molecular flexibility index (Phi) is 9.27. The van der Waals surface area contributed by atoms with E-state index in [4.69, 9.17) is 14.2 Å². The minimum Gasteiger partial charge on any atom is -0.508 e. The zero-order valence-corrected chi connectivity index (χ0v) is 34.9. The van der Waals surface area contributed by atoms with Gasteiger partial charge in [-0.15, -0.1) is 0 Å². The van der Waals surface area contributed by atoms with Crippen LogP contribution in [0.4, 0.5) is 5.69 Å². The molecule has 1 saturated carbocycles. The fourth-order valence-corrected chi connectivity index (χ4v) is 10.2. The van der Waals surface area contributed by atoms with Crippen LogP contribution in [0, 0.1) is 18.8 Å². The fourth-order valence-electron chi connectivity index (χ4n) is 10.2. The van der Waals surface area contributed by atoms with Crippen molar-refractivity contribution >= 4 is 28.5 Å². The number of hydrogen-bond acceptors (Lipinski definition) is 11. The van der Waals surface area contributed by atoms with Crippen LogP contribution in [-0.4, -0.2) is 59.6 Å². The van der Waals surface area contributed by atoms with E-state index in [1.165, 1.54) is 34.2 Å². The molecule has 4 aliphatic rings. The number of amides is 2. The van der Waals surface area contributed by atoms with E-state index in [2.05, 4.69) is 10.4 Å². The summed E-state index contributed by atoms with van der Waals surface area (Å²) in [5, 5.41) is 11.6. The van der Waals surface area contributed by atoms with Gasteiger partial charge >= 0.3 is 11.4 Å². The molecule has 10 rings (SSSR count). The number of aromatic hydroxyl groups is 1. The Balaban J connectivity index is 1.09. The maximum atomic E-state index is 15.5. The molecule has 0 spiro atoms. The van der Waals surface area contributed by atoms with Crippen molar-refractivity contribution in [2.24, 2.45) is 18.9 Å². The van der Waals surface area contributed by atoms with Crippen molar-refractivity contribution < 1.29 is 28.9 Å². The number of methoxy groups -OCH3 is 2. The van der Waals surface area contributed by atoms with E-state index in [1.54, 1.807) is 49.7 Å². The normalized spacial score (nSPS) is 21.1. The van der Waals surface area contributed by atoms with Crippen molar-refractivity contribution in [3.8, 4) is 23.0 Å². The number of allylic oxidation sites excluding steroid dienone is 3. The lowest BCUT2D eigenvalue weighted by Crippen LogP contribution is -2.55. The summed E-state index contributed by atoms with van der Waals surface area (Å²) >= 11 is 0. The van der Waals surface area contributed by atoms with Crippen LogP contribution >= 0.6 is 0 Å². The maximum absolute atomic E-state index is 15.5. The van der Waals surface area contributed by atoms with Crippen molar-refractivity contribution in [2.45, 2.75) is 50.7 Å². The number of fused-ring (bicyclic) bond motifs is 6. The average Bonchev–Trinajstić information content (AvgIpc) is 3.67. The Morgan fingerprint density at radius 1 is 0.921 bits per heavy atom. The summed E-state index contributed by atoms with van der Waals surface area (Å²) in [5.41, 5.74) is 5.31. The number of aromatic nitrogens is 5. The predicted molar refractivity (Wildman–Crippen MR) is 231 cm³/mol. The molecule has 63 heavy (non-hydrogen) atoms. The minimum atomic E-state index is -1.51. The van der Waals surface area contributed by atoms with E-state index in [1.807, 2.05) is 55.5 Å². The Morgan fingerprint density at radius 3 is 2.41 bits per heavy atom. The van der Waals surface area contributed by atoms with Gasteiger partial charge in [0.15, 0.2) is 11.5 Å². The molecule has 16 nitrogen and oxygen atoms in total. The number of phenols is 1. The van der Waals surface area contributed by atoms with E-state index in [0.717, 1.165) is 15.1 Å². The average molecular weight is 850 g/mol. The fraction of sp³-hybridized carbons (Fsp3) is 0.277. The molecule has 0 bridgehead atoms. The smallest absolute Gasteiger partial charge is 0.347 e. The Morgan fingerprint density at radius 2 is 1.67 bits per heavy atom. The number of hydrazine groups is 1. The molecular formula is C47H43N7O9. The molecular weight excluding hydrogens is 807 g/mol. The van der Waals surface area contributed by atoms with Gasteiger partial charge in [-0.25, -0.2) is 28.5 Å². The molecule has 4 atom stereocenters. The number of benzene rings is 4. The molecule has 6 aromatic rings. The number of anilines is 1. The molecule has 0 radical (unpaired) electrons. The van der Waals surface area contributed by atoms with E-state index in [9.17, 15) is 19.5 Å². The third-order valence-electron chi connectivity index (χ3n) is 13.1. The number of ether oxygens (including phenoxy) is 3. The summed E-state index contributed by atoms with van der Waals surface area (Å²) in [6.45, 7) is 1.79. The van der Waals surface area contributed by atoms with Gasteiger partial charge in [0.2, 0.25) is 0 Å². The zero-order chi connectivity index (χ0) is 43.9. The third-order valence-corrected chi connectivity index (χ3v) is 13.1. The molecule has 1 aliphatic carbocycles. The number of carbonyl (C=O) groups is 2. The van der Waals surface area contributed by atoms with Crippen LogP contribution < -0.4 is 36.6 Å². The van der Waals surface area contributed by atoms with E-state index in [-0.39, 0.29) is 43.8 Å². The van der Waals surface area contributed by atoms with Crippen molar-refractivity contribution in [3.63, 3.8) is 0 Å².